The van der Waals surface area contributed by atoms with E-state index in [1.54, 1.807) is 40.7 Å². The van der Waals surface area contributed by atoms with E-state index in [1.807, 2.05) is 18.2 Å². The number of amides is 1. The number of carbonyl (C=O) groups is 2. The van der Waals surface area contributed by atoms with E-state index in [0.717, 1.165) is 15.8 Å². The Bertz CT molecular complexity index is 998. The Labute approximate surface area is 169 Å². The molecule has 138 valence electrons. The largest absolute Gasteiger partial charge is 0.452 e. The Morgan fingerprint density at radius 1 is 1.15 bits per heavy atom. The number of esters is 1. The number of primary amides is 1. The first-order valence-electron chi connectivity index (χ1n) is 7.85. The maximum Gasteiger partial charge on any atom is 0.338 e. The number of benzene rings is 2. The lowest BCUT2D eigenvalue weighted by Crippen LogP contribution is -2.20. The Hall–Kier alpha value is -2.49. The Balaban J connectivity index is 1.69. The maximum absolute atomic E-state index is 11.8. The molecule has 2 aromatic carbocycles. The summed E-state index contributed by atoms with van der Waals surface area (Å²) in [4.78, 5) is 22.5. The molecule has 1 heterocycles. The summed E-state index contributed by atoms with van der Waals surface area (Å²) < 4.78 is 7.93. The molecule has 0 aliphatic heterocycles. The molecule has 1 amide bonds. The number of hydrogen-bond donors (Lipinski definition) is 1. The summed E-state index contributed by atoms with van der Waals surface area (Å²) in [5.41, 5.74) is 7.24. The van der Waals surface area contributed by atoms with Crippen LogP contribution in [0.3, 0.4) is 0 Å². The van der Waals surface area contributed by atoms with Crippen LogP contribution in [-0.4, -0.2) is 28.3 Å². The molecule has 0 aliphatic rings. The first-order chi connectivity index (χ1) is 13.0. The second-order valence-corrected chi connectivity index (χ2v) is 8.25. The summed E-state index contributed by atoms with van der Waals surface area (Å²) in [5.74, 6) is -0.496. The number of nitrogens with two attached hydrogens (primary N) is 1. The molecule has 0 aliphatic carbocycles. The van der Waals surface area contributed by atoms with Gasteiger partial charge in [0.2, 0.25) is 0 Å². The molecule has 0 fully saturated rings. The number of hydrogen-bond acceptors (Lipinski definition) is 7. The molecule has 9 heteroatoms. The molecule has 0 bridgehead atoms. The lowest BCUT2D eigenvalue weighted by Gasteiger charge is -2.04. The molecule has 3 aromatic rings. The number of nitrogens with zero attached hydrogens (tertiary/aromatic N) is 2. The van der Waals surface area contributed by atoms with Crippen molar-refractivity contribution in [3.63, 3.8) is 0 Å². The molecular weight excluding hydrogens is 402 g/mol. The summed E-state index contributed by atoms with van der Waals surface area (Å²) in [6.45, 7) is -0.445. The first-order valence-corrected chi connectivity index (χ1v) is 10.1. The van der Waals surface area contributed by atoms with Gasteiger partial charge in [0.1, 0.15) is 0 Å². The van der Waals surface area contributed by atoms with Crippen LogP contribution in [0.25, 0.3) is 5.69 Å². The minimum absolute atomic E-state index is 0.320. The SMILES string of the molecule is NC(=O)COC(=O)c1ccc(-n2nc(SCc3ccccc3)sc2=S)cc1. The second-order valence-electron chi connectivity index (χ2n) is 5.41. The average molecular weight is 418 g/mol. The highest BCUT2D eigenvalue weighted by atomic mass is 32.2. The van der Waals surface area contributed by atoms with Gasteiger partial charge in [0.05, 0.1) is 11.3 Å². The summed E-state index contributed by atoms with van der Waals surface area (Å²) in [5, 5.41) is 4.55. The fourth-order valence-electron chi connectivity index (χ4n) is 2.16. The Morgan fingerprint density at radius 2 is 1.85 bits per heavy atom. The van der Waals surface area contributed by atoms with Crippen LogP contribution in [0.4, 0.5) is 0 Å². The molecule has 27 heavy (non-hydrogen) atoms. The van der Waals surface area contributed by atoms with Gasteiger partial charge in [-0.2, -0.15) is 0 Å². The highest BCUT2D eigenvalue weighted by molar-refractivity contribution is 8.00. The quantitative estimate of drug-likeness (QED) is 0.359. The van der Waals surface area contributed by atoms with Crippen molar-refractivity contribution < 1.29 is 14.3 Å². The van der Waals surface area contributed by atoms with E-state index in [9.17, 15) is 9.59 Å². The third-order valence-corrected chi connectivity index (χ3v) is 5.86. The number of thioether (sulfide) groups is 1. The van der Waals surface area contributed by atoms with Crippen molar-refractivity contribution in [2.24, 2.45) is 5.73 Å². The van der Waals surface area contributed by atoms with Crippen molar-refractivity contribution in [2.45, 2.75) is 10.1 Å². The molecular formula is C18H15N3O3S3. The van der Waals surface area contributed by atoms with Gasteiger partial charge in [0, 0.05) is 5.75 Å². The first kappa shape index (κ1) is 19.3. The van der Waals surface area contributed by atoms with E-state index in [2.05, 4.69) is 17.2 Å². The molecule has 0 unspecified atom stereocenters. The maximum atomic E-state index is 11.8. The highest BCUT2D eigenvalue weighted by Crippen LogP contribution is 2.27. The fourth-order valence-corrected chi connectivity index (χ4v) is 4.48. The van der Waals surface area contributed by atoms with Crippen molar-refractivity contribution in [3.05, 3.63) is 69.7 Å². The van der Waals surface area contributed by atoms with Crippen LogP contribution in [0.1, 0.15) is 15.9 Å². The van der Waals surface area contributed by atoms with Crippen LogP contribution in [0.5, 0.6) is 0 Å². The molecule has 2 N–H and O–H groups in total. The number of aromatic nitrogens is 2. The van der Waals surface area contributed by atoms with E-state index in [0.29, 0.717) is 9.52 Å². The number of ether oxygens (including phenoxy) is 1. The van der Waals surface area contributed by atoms with E-state index in [1.165, 1.54) is 16.9 Å². The standard InChI is InChI=1S/C18H15N3O3S3/c19-15(22)10-24-16(23)13-6-8-14(9-7-13)21-18(25)27-17(20-21)26-11-12-4-2-1-3-5-12/h1-9H,10-11H2,(H2,19,22). The predicted octanol–water partition coefficient (Wildman–Crippen LogP) is 3.60. The van der Waals surface area contributed by atoms with Crippen LogP contribution in [-0.2, 0) is 15.3 Å². The lowest BCUT2D eigenvalue weighted by atomic mass is 10.2. The van der Waals surface area contributed by atoms with Gasteiger partial charge in [-0.25, -0.2) is 9.48 Å². The van der Waals surface area contributed by atoms with Gasteiger partial charge in [0.25, 0.3) is 5.91 Å². The van der Waals surface area contributed by atoms with Gasteiger partial charge in [-0.15, -0.1) is 5.10 Å². The second kappa shape index (κ2) is 8.94. The van der Waals surface area contributed by atoms with Crippen molar-refractivity contribution in [1.29, 1.82) is 0 Å². The van der Waals surface area contributed by atoms with Crippen LogP contribution in [0.15, 0.2) is 58.9 Å². The topological polar surface area (TPSA) is 87.2 Å². The van der Waals surface area contributed by atoms with E-state index < -0.39 is 18.5 Å². The third kappa shape index (κ3) is 5.25. The molecule has 0 saturated carbocycles. The zero-order valence-corrected chi connectivity index (χ0v) is 16.5. The molecule has 1 aromatic heterocycles. The summed E-state index contributed by atoms with van der Waals surface area (Å²) in [7, 11) is 0. The van der Waals surface area contributed by atoms with Crippen LogP contribution >= 0.6 is 35.3 Å². The zero-order valence-electron chi connectivity index (χ0n) is 14.0. The summed E-state index contributed by atoms with van der Waals surface area (Å²) >= 11 is 8.46. The average Bonchev–Trinajstić information content (AvgIpc) is 3.06. The number of rotatable bonds is 7. The smallest absolute Gasteiger partial charge is 0.338 e. The van der Waals surface area contributed by atoms with Gasteiger partial charge in [-0.3, -0.25) is 4.79 Å². The molecule has 0 saturated heterocycles. The van der Waals surface area contributed by atoms with Crippen molar-refractivity contribution in [1.82, 2.24) is 9.78 Å². The van der Waals surface area contributed by atoms with Crippen LogP contribution < -0.4 is 5.73 Å². The van der Waals surface area contributed by atoms with Crippen molar-refractivity contribution in [3.8, 4) is 5.69 Å². The van der Waals surface area contributed by atoms with E-state index >= 15 is 0 Å². The lowest BCUT2D eigenvalue weighted by molar-refractivity contribution is -0.121. The fraction of sp³-hybridized carbons (Fsp3) is 0.111. The van der Waals surface area contributed by atoms with Gasteiger partial charge < -0.3 is 10.5 Å². The third-order valence-electron chi connectivity index (χ3n) is 3.43. The summed E-state index contributed by atoms with van der Waals surface area (Å²) in [6.07, 6.45) is 0. The number of carbonyl (C=O) groups excluding carboxylic acids is 2. The van der Waals surface area contributed by atoms with Gasteiger partial charge in [-0.1, -0.05) is 53.4 Å². The predicted molar refractivity (Wildman–Crippen MR) is 108 cm³/mol. The highest BCUT2D eigenvalue weighted by Gasteiger charge is 2.11. The zero-order chi connectivity index (χ0) is 19.2. The Morgan fingerprint density at radius 3 is 2.52 bits per heavy atom. The monoisotopic (exact) mass is 417 g/mol. The van der Waals surface area contributed by atoms with Gasteiger partial charge in [0.15, 0.2) is 14.9 Å². The Kier molecular flexibility index (Phi) is 6.38. The van der Waals surface area contributed by atoms with Crippen LogP contribution in [0, 0.1) is 3.95 Å². The molecule has 0 atom stereocenters. The van der Waals surface area contributed by atoms with E-state index in [-0.39, 0.29) is 0 Å². The van der Waals surface area contributed by atoms with Crippen molar-refractivity contribution >= 4 is 47.2 Å². The van der Waals surface area contributed by atoms with E-state index in [4.69, 9.17) is 22.7 Å². The summed E-state index contributed by atoms with van der Waals surface area (Å²) in [6, 6.07) is 16.8. The van der Waals surface area contributed by atoms with Gasteiger partial charge in [-0.05, 0) is 42.0 Å². The van der Waals surface area contributed by atoms with Crippen LogP contribution in [0.2, 0.25) is 0 Å². The van der Waals surface area contributed by atoms with Gasteiger partial charge >= 0.3 is 5.97 Å². The molecule has 0 spiro atoms. The normalized spacial score (nSPS) is 10.5. The minimum atomic E-state index is -0.700. The molecule has 0 radical (unpaired) electrons. The van der Waals surface area contributed by atoms with Crippen molar-refractivity contribution in [2.75, 3.05) is 6.61 Å². The molecule has 3 rings (SSSR count). The molecule has 6 nitrogen and oxygen atoms in total. The minimum Gasteiger partial charge on any atom is -0.452 e.